The fourth-order valence-corrected chi connectivity index (χ4v) is 2.62. The van der Waals surface area contributed by atoms with Gasteiger partial charge in [0.2, 0.25) is 0 Å². The molecule has 1 heterocycles. The molecule has 0 unspecified atom stereocenters. The second-order valence-corrected chi connectivity index (χ2v) is 4.84. The SMILES string of the molecule is Cc1cc(O)cc(C)c1C(=O)C1CCNCC1. The Bertz CT molecular complexity index is 411. The molecule has 0 bridgehead atoms. The van der Waals surface area contributed by atoms with E-state index in [0.717, 1.165) is 42.6 Å². The zero-order chi connectivity index (χ0) is 12.4. The normalized spacial score (nSPS) is 17.1. The van der Waals surface area contributed by atoms with Crippen molar-refractivity contribution < 1.29 is 9.90 Å². The molecule has 0 saturated carbocycles. The number of ketones is 1. The van der Waals surface area contributed by atoms with Gasteiger partial charge in [0.1, 0.15) is 5.75 Å². The maximum Gasteiger partial charge on any atom is 0.166 e. The van der Waals surface area contributed by atoms with Gasteiger partial charge in [-0.1, -0.05) is 0 Å². The van der Waals surface area contributed by atoms with Crippen LogP contribution in [0.25, 0.3) is 0 Å². The number of hydrogen-bond donors (Lipinski definition) is 2. The van der Waals surface area contributed by atoms with Crippen LogP contribution in [0.3, 0.4) is 0 Å². The van der Waals surface area contributed by atoms with Crippen LogP contribution in [0.5, 0.6) is 5.75 Å². The van der Waals surface area contributed by atoms with Crippen molar-refractivity contribution >= 4 is 5.78 Å². The van der Waals surface area contributed by atoms with E-state index in [2.05, 4.69) is 5.32 Å². The molecule has 1 aromatic rings. The molecule has 0 amide bonds. The molecule has 92 valence electrons. The molecule has 0 radical (unpaired) electrons. The predicted octanol–water partition coefficient (Wildman–Crippen LogP) is 2.19. The Balaban J connectivity index is 2.30. The molecule has 0 aromatic heterocycles. The van der Waals surface area contributed by atoms with E-state index < -0.39 is 0 Å². The minimum absolute atomic E-state index is 0.137. The molecular weight excluding hydrogens is 214 g/mol. The van der Waals surface area contributed by atoms with Gasteiger partial charge in [0.05, 0.1) is 0 Å². The lowest BCUT2D eigenvalue weighted by Gasteiger charge is -2.23. The van der Waals surface area contributed by atoms with Crippen LogP contribution >= 0.6 is 0 Å². The molecule has 3 heteroatoms. The molecule has 1 aromatic carbocycles. The molecule has 0 spiro atoms. The molecule has 1 saturated heterocycles. The van der Waals surface area contributed by atoms with Crippen molar-refractivity contribution in [1.82, 2.24) is 5.32 Å². The smallest absolute Gasteiger partial charge is 0.166 e. The number of carbonyl (C=O) groups is 1. The van der Waals surface area contributed by atoms with Gasteiger partial charge in [0.15, 0.2) is 5.78 Å². The first-order valence-electron chi connectivity index (χ1n) is 6.14. The summed E-state index contributed by atoms with van der Waals surface area (Å²) in [6, 6.07) is 3.34. The first kappa shape index (κ1) is 12.1. The van der Waals surface area contributed by atoms with Gasteiger partial charge in [-0.05, 0) is 63.0 Å². The second kappa shape index (κ2) is 4.88. The fourth-order valence-electron chi connectivity index (χ4n) is 2.62. The van der Waals surface area contributed by atoms with Crippen molar-refractivity contribution in [1.29, 1.82) is 0 Å². The van der Waals surface area contributed by atoms with Crippen molar-refractivity contribution in [2.45, 2.75) is 26.7 Å². The summed E-state index contributed by atoms with van der Waals surface area (Å²) >= 11 is 0. The van der Waals surface area contributed by atoms with Crippen LogP contribution in [0.4, 0.5) is 0 Å². The maximum absolute atomic E-state index is 12.4. The number of Topliss-reactive ketones (excluding diaryl/α,β-unsaturated/α-hetero) is 1. The summed E-state index contributed by atoms with van der Waals surface area (Å²) in [5.74, 6) is 0.613. The van der Waals surface area contributed by atoms with E-state index in [4.69, 9.17) is 0 Å². The lowest BCUT2D eigenvalue weighted by atomic mass is 9.86. The third-order valence-electron chi connectivity index (χ3n) is 3.47. The number of carbonyl (C=O) groups excluding carboxylic acids is 1. The zero-order valence-corrected chi connectivity index (χ0v) is 10.4. The van der Waals surface area contributed by atoms with Crippen LogP contribution in [0.1, 0.15) is 34.3 Å². The number of piperidine rings is 1. The van der Waals surface area contributed by atoms with Crippen LogP contribution in [0, 0.1) is 19.8 Å². The molecule has 3 nitrogen and oxygen atoms in total. The van der Waals surface area contributed by atoms with Crippen LogP contribution in [-0.2, 0) is 0 Å². The predicted molar refractivity (Wildman–Crippen MR) is 67.5 cm³/mol. The first-order chi connectivity index (χ1) is 8.09. The number of aryl methyl sites for hydroxylation is 2. The highest BCUT2D eigenvalue weighted by Crippen LogP contribution is 2.26. The van der Waals surface area contributed by atoms with E-state index >= 15 is 0 Å². The van der Waals surface area contributed by atoms with E-state index in [-0.39, 0.29) is 17.5 Å². The minimum Gasteiger partial charge on any atom is -0.508 e. The van der Waals surface area contributed by atoms with Gasteiger partial charge in [-0.25, -0.2) is 0 Å². The van der Waals surface area contributed by atoms with E-state index in [1.807, 2.05) is 13.8 Å². The van der Waals surface area contributed by atoms with Crippen molar-refractivity contribution in [3.63, 3.8) is 0 Å². The topological polar surface area (TPSA) is 49.3 Å². The number of phenolic OH excluding ortho intramolecular Hbond substituents is 1. The molecule has 1 aliphatic rings. The second-order valence-electron chi connectivity index (χ2n) is 4.84. The van der Waals surface area contributed by atoms with Gasteiger partial charge >= 0.3 is 0 Å². The summed E-state index contributed by atoms with van der Waals surface area (Å²) in [6.07, 6.45) is 1.83. The third-order valence-corrected chi connectivity index (χ3v) is 3.47. The number of benzene rings is 1. The Labute approximate surface area is 102 Å². The van der Waals surface area contributed by atoms with Crippen molar-refractivity contribution in [3.05, 3.63) is 28.8 Å². The third kappa shape index (κ3) is 2.50. The largest absolute Gasteiger partial charge is 0.508 e. The van der Waals surface area contributed by atoms with E-state index in [1.54, 1.807) is 12.1 Å². The molecule has 0 aliphatic carbocycles. The van der Waals surface area contributed by atoms with Gasteiger partial charge in [-0.15, -0.1) is 0 Å². The van der Waals surface area contributed by atoms with Crippen molar-refractivity contribution in [2.75, 3.05) is 13.1 Å². The number of phenols is 1. The Hall–Kier alpha value is -1.35. The Kier molecular flexibility index (Phi) is 3.48. The summed E-state index contributed by atoms with van der Waals surface area (Å²) in [7, 11) is 0. The van der Waals surface area contributed by atoms with Gasteiger partial charge in [0, 0.05) is 11.5 Å². The van der Waals surface area contributed by atoms with Crippen LogP contribution in [-0.4, -0.2) is 24.0 Å². The number of rotatable bonds is 2. The number of hydrogen-bond acceptors (Lipinski definition) is 3. The van der Waals surface area contributed by atoms with Gasteiger partial charge in [-0.3, -0.25) is 4.79 Å². The standard InChI is InChI=1S/C14H19NO2/c1-9-7-12(16)8-10(2)13(9)14(17)11-3-5-15-6-4-11/h7-8,11,15-16H,3-6H2,1-2H3. The number of aromatic hydroxyl groups is 1. The highest BCUT2D eigenvalue weighted by atomic mass is 16.3. The van der Waals surface area contributed by atoms with Crippen molar-refractivity contribution in [2.24, 2.45) is 5.92 Å². The Morgan fingerprint density at radius 3 is 2.29 bits per heavy atom. The van der Waals surface area contributed by atoms with Gasteiger partial charge < -0.3 is 10.4 Å². The molecule has 1 aliphatic heterocycles. The molecule has 2 rings (SSSR count). The molecule has 2 N–H and O–H groups in total. The quantitative estimate of drug-likeness (QED) is 0.770. The average molecular weight is 233 g/mol. The van der Waals surface area contributed by atoms with E-state index in [0.29, 0.717) is 0 Å². The number of nitrogens with one attached hydrogen (secondary N) is 1. The maximum atomic E-state index is 12.4. The molecule has 0 atom stereocenters. The van der Waals surface area contributed by atoms with Gasteiger partial charge in [0.25, 0.3) is 0 Å². The Morgan fingerprint density at radius 1 is 1.24 bits per heavy atom. The van der Waals surface area contributed by atoms with Crippen LogP contribution in [0.15, 0.2) is 12.1 Å². The van der Waals surface area contributed by atoms with Crippen LogP contribution in [0.2, 0.25) is 0 Å². The molecule has 1 fully saturated rings. The Morgan fingerprint density at radius 2 is 1.76 bits per heavy atom. The van der Waals surface area contributed by atoms with Crippen molar-refractivity contribution in [3.8, 4) is 5.75 Å². The zero-order valence-electron chi connectivity index (χ0n) is 10.4. The van der Waals surface area contributed by atoms with E-state index in [9.17, 15) is 9.90 Å². The first-order valence-corrected chi connectivity index (χ1v) is 6.14. The average Bonchev–Trinajstić information content (AvgIpc) is 2.28. The highest BCUT2D eigenvalue weighted by molar-refractivity contribution is 6.00. The molecule has 17 heavy (non-hydrogen) atoms. The summed E-state index contributed by atoms with van der Waals surface area (Å²) in [5.41, 5.74) is 2.56. The summed E-state index contributed by atoms with van der Waals surface area (Å²) in [5, 5.41) is 12.8. The molecular formula is C14H19NO2. The lowest BCUT2D eigenvalue weighted by Crippen LogP contribution is -2.32. The summed E-state index contributed by atoms with van der Waals surface area (Å²) < 4.78 is 0. The van der Waals surface area contributed by atoms with Crippen LogP contribution < -0.4 is 5.32 Å². The summed E-state index contributed by atoms with van der Waals surface area (Å²) in [6.45, 7) is 5.63. The minimum atomic E-state index is 0.137. The van der Waals surface area contributed by atoms with Gasteiger partial charge in [-0.2, -0.15) is 0 Å². The lowest BCUT2D eigenvalue weighted by molar-refractivity contribution is 0.0894. The van der Waals surface area contributed by atoms with E-state index in [1.165, 1.54) is 0 Å². The highest BCUT2D eigenvalue weighted by Gasteiger charge is 2.24. The summed E-state index contributed by atoms with van der Waals surface area (Å²) in [4.78, 5) is 12.4. The monoisotopic (exact) mass is 233 g/mol. The fraction of sp³-hybridized carbons (Fsp3) is 0.500.